The van der Waals surface area contributed by atoms with E-state index < -0.39 is 11.7 Å². The lowest BCUT2D eigenvalue weighted by Gasteiger charge is -2.37. The topological polar surface area (TPSA) is 79.5 Å². The first-order chi connectivity index (χ1) is 12.0. The molecular weight excluding hydrogens is 323 g/mol. The lowest BCUT2D eigenvalue weighted by atomic mass is 10.1. The van der Waals surface area contributed by atoms with Crippen LogP contribution in [0.15, 0.2) is 36.5 Å². The summed E-state index contributed by atoms with van der Waals surface area (Å²) in [5, 5.41) is 0. The molecule has 130 valence electrons. The third-order valence-corrected chi connectivity index (χ3v) is 4.32. The van der Waals surface area contributed by atoms with Crippen LogP contribution < -0.4 is 15.5 Å². The molecule has 0 aliphatic carbocycles. The number of primary amides is 1. The molecular formula is C18H19FN4O2. The minimum absolute atomic E-state index is 0.117. The number of nitrogens with two attached hydrogens (primary N) is 1. The molecule has 0 spiro atoms. The van der Waals surface area contributed by atoms with Crippen molar-refractivity contribution < 1.29 is 14.0 Å². The first-order valence-corrected chi connectivity index (χ1v) is 8.03. The molecule has 0 unspecified atom stereocenters. The van der Waals surface area contributed by atoms with E-state index in [-0.39, 0.29) is 11.3 Å². The Bertz CT molecular complexity index is 816. The molecule has 0 saturated carbocycles. The van der Waals surface area contributed by atoms with Gasteiger partial charge in [-0.2, -0.15) is 0 Å². The van der Waals surface area contributed by atoms with Gasteiger partial charge in [0, 0.05) is 32.4 Å². The second-order valence-corrected chi connectivity index (χ2v) is 5.90. The van der Waals surface area contributed by atoms with Crippen LogP contribution in [-0.4, -0.2) is 42.9 Å². The molecule has 1 fully saturated rings. The number of nitrogens with zero attached hydrogens (tertiary/aromatic N) is 3. The van der Waals surface area contributed by atoms with E-state index >= 15 is 0 Å². The summed E-state index contributed by atoms with van der Waals surface area (Å²) in [5.74, 6) is -0.764. The van der Waals surface area contributed by atoms with Gasteiger partial charge in [-0.05, 0) is 31.2 Å². The Kier molecular flexibility index (Phi) is 4.65. The third kappa shape index (κ3) is 3.31. The number of anilines is 2. The van der Waals surface area contributed by atoms with Gasteiger partial charge >= 0.3 is 0 Å². The van der Waals surface area contributed by atoms with Gasteiger partial charge in [0.1, 0.15) is 11.6 Å². The summed E-state index contributed by atoms with van der Waals surface area (Å²) in [6.45, 7) is 3.71. The van der Waals surface area contributed by atoms with Gasteiger partial charge in [-0.1, -0.05) is 6.07 Å². The number of halogens is 1. The first-order valence-electron chi connectivity index (χ1n) is 8.03. The molecule has 2 N–H and O–H groups in total. The Labute approximate surface area is 145 Å². The van der Waals surface area contributed by atoms with Crippen molar-refractivity contribution in [3.05, 3.63) is 53.5 Å². The highest BCUT2D eigenvalue weighted by Gasteiger charge is 2.24. The van der Waals surface area contributed by atoms with Crippen LogP contribution in [-0.2, 0) is 0 Å². The lowest BCUT2D eigenvalue weighted by molar-refractivity contribution is 0.0995. The quantitative estimate of drug-likeness (QED) is 0.858. The van der Waals surface area contributed by atoms with Gasteiger partial charge in [-0.15, -0.1) is 0 Å². The molecule has 0 radical (unpaired) electrons. The summed E-state index contributed by atoms with van der Waals surface area (Å²) in [6.07, 6.45) is 1.62. The molecule has 1 amide bonds. The third-order valence-electron chi connectivity index (χ3n) is 4.32. The summed E-state index contributed by atoms with van der Waals surface area (Å²) < 4.78 is 14.0. The standard InChI is InChI=1S/C18H19FN4O2/c1-12(24)16-14(19)5-2-6-15(16)22-8-10-23(11-9-22)18-13(17(20)25)4-3-7-21-18/h2-7H,8-11H2,1H3,(H2,20,25). The Balaban J connectivity index is 1.81. The number of hydrogen-bond acceptors (Lipinski definition) is 5. The Morgan fingerprint density at radius 1 is 1.08 bits per heavy atom. The van der Waals surface area contributed by atoms with Crippen LogP contribution in [0, 0.1) is 5.82 Å². The van der Waals surface area contributed by atoms with Gasteiger partial charge in [0.15, 0.2) is 5.78 Å². The zero-order valence-corrected chi connectivity index (χ0v) is 13.9. The minimum atomic E-state index is -0.519. The predicted octanol–water partition coefficient (Wildman–Crippen LogP) is 1.85. The summed E-state index contributed by atoms with van der Waals surface area (Å²) in [5.41, 5.74) is 6.51. The van der Waals surface area contributed by atoms with Crippen molar-refractivity contribution in [3.8, 4) is 0 Å². The number of carbonyl (C=O) groups is 2. The first kappa shape index (κ1) is 16.9. The number of amides is 1. The van der Waals surface area contributed by atoms with Crippen LogP contribution in [0.1, 0.15) is 27.6 Å². The van der Waals surface area contributed by atoms with Crippen LogP contribution in [0.5, 0.6) is 0 Å². The van der Waals surface area contributed by atoms with Gasteiger partial charge in [0.05, 0.1) is 16.8 Å². The largest absolute Gasteiger partial charge is 0.367 e. The van der Waals surface area contributed by atoms with E-state index in [2.05, 4.69) is 4.98 Å². The molecule has 3 rings (SSSR count). The molecule has 1 aromatic carbocycles. The smallest absolute Gasteiger partial charge is 0.252 e. The van der Waals surface area contributed by atoms with Crippen molar-refractivity contribution in [2.24, 2.45) is 5.73 Å². The fourth-order valence-electron chi connectivity index (χ4n) is 3.13. The van der Waals surface area contributed by atoms with E-state index in [4.69, 9.17) is 5.73 Å². The molecule has 1 aliphatic heterocycles. The highest BCUT2D eigenvalue weighted by molar-refractivity contribution is 6.00. The molecule has 0 bridgehead atoms. The normalized spacial score (nSPS) is 14.5. The van der Waals surface area contributed by atoms with E-state index in [1.165, 1.54) is 13.0 Å². The van der Waals surface area contributed by atoms with Gasteiger partial charge in [-0.25, -0.2) is 9.37 Å². The summed E-state index contributed by atoms with van der Waals surface area (Å²) >= 11 is 0. The summed E-state index contributed by atoms with van der Waals surface area (Å²) in [7, 11) is 0. The minimum Gasteiger partial charge on any atom is -0.367 e. The highest BCUT2D eigenvalue weighted by atomic mass is 19.1. The highest BCUT2D eigenvalue weighted by Crippen LogP contribution is 2.26. The SMILES string of the molecule is CC(=O)c1c(F)cccc1N1CCN(c2ncccc2C(N)=O)CC1. The average molecular weight is 342 g/mol. The molecule has 1 aromatic heterocycles. The van der Waals surface area contributed by atoms with E-state index in [0.29, 0.717) is 43.2 Å². The molecule has 6 nitrogen and oxygen atoms in total. The monoisotopic (exact) mass is 342 g/mol. The van der Waals surface area contributed by atoms with Crippen LogP contribution in [0.3, 0.4) is 0 Å². The predicted molar refractivity (Wildman–Crippen MR) is 93.6 cm³/mol. The van der Waals surface area contributed by atoms with E-state index in [1.54, 1.807) is 30.5 Å². The second kappa shape index (κ2) is 6.88. The van der Waals surface area contributed by atoms with E-state index in [9.17, 15) is 14.0 Å². The summed E-state index contributed by atoms with van der Waals surface area (Å²) in [6, 6.07) is 7.98. The number of piperazine rings is 1. The van der Waals surface area contributed by atoms with Crippen molar-refractivity contribution in [2.75, 3.05) is 36.0 Å². The molecule has 7 heteroatoms. The number of Topliss-reactive ketones (excluding diaryl/α,β-unsaturated/α-hetero) is 1. The van der Waals surface area contributed by atoms with Crippen LogP contribution in [0.2, 0.25) is 0 Å². The maximum absolute atomic E-state index is 14.0. The van der Waals surface area contributed by atoms with Crippen LogP contribution in [0.25, 0.3) is 0 Å². The van der Waals surface area contributed by atoms with Crippen molar-refractivity contribution in [1.29, 1.82) is 0 Å². The second-order valence-electron chi connectivity index (χ2n) is 5.90. The number of rotatable bonds is 4. The van der Waals surface area contributed by atoms with Gasteiger partial charge in [-0.3, -0.25) is 9.59 Å². The van der Waals surface area contributed by atoms with E-state index in [0.717, 1.165) is 0 Å². The van der Waals surface area contributed by atoms with Gasteiger partial charge in [0.25, 0.3) is 5.91 Å². The van der Waals surface area contributed by atoms with Gasteiger partial charge < -0.3 is 15.5 Å². The Hall–Kier alpha value is -2.96. The van der Waals surface area contributed by atoms with Crippen molar-refractivity contribution in [3.63, 3.8) is 0 Å². The average Bonchev–Trinajstić information content (AvgIpc) is 2.61. The number of ketones is 1. The van der Waals surface area contributed by atoms with Crippen LogP contribution in [0.4, 0.5) is 15.9 Å². The van der Waals surface area contributed by atoms with Crippen LogP contribution >= 0.6 is 0 Å². The fourth-order valence-corrected chi connectivity index (χ4v) is 3.13. The number of benzene rings is 1. The number of pyridine rings is 1. The molecule has 1 aliphatic rings. The Morgan fingerprint density at radius 3 is 2.40 bits per heavy atom. The zero-order valence-electron chi connectivity index (χ0n) is 13.9. The van der Waals surface area contributed by atoms with E-state index in [1.807, 2.05) is 9.80 Å². The van der Waals surface area contributed by atoms with Gasteiger partial charge in [0.2, 0.25) is 0 Å². The fraction of sp³-hybridized carbons (Fsp3) is 0.278. The summed E-state index contributed by atoms with van der Waals surface area (Å²) in [4.78, 5) is 31.6. The zero-order chi connectivity index (χ0) is 18.0. The molecule has 0 atom stereocenters. The lowest BCUT2D eigenvalue weighted by Crippen LogP contribution is -2.47. The Morgan fingerprint density at radius 2 is 1.76 bits per heavy atom. The van der Waals surface area contributed by atoms with Crippen molar-refractivity contribution in [2.45, 2.75) is 6.92 Å². The number of aromatic nitrogens is 1. The maximum atomic E-state index is 14.0. The van der Waals surface area contributed by atoms with Crippen molar-refractivity contribution in [1.82, 2.24) is 4.98 Å². The maximum Gasteiger partial charge on any atom is 0.252 e. The number of carbonyl (C=O) groups excluding carboxylic acids is 2. The number of hydrogen-bond donors (Lipinski definition) is 1. The van der Waals surface area contributed by atoms with Crippen molar-refractivity contribution >= 4 is 23.2 Å². The molecule has 1 saturated heterocycles. The molecule has 25 heavy (non-hydrogen) atoms. The molecule has 2 heterocycles. The molecule has 2 aromatic rings.